The van der Waals surface area contributed by atoms with Gasteiger partial charge in [0.2, 0.25) is 0 Å². The SMILES string of the molecule is CC/C=C\C/C=C\C/C=C\C/C=C\C/C=C\C/C=C\C/C=C\C/C=C\C/C=C\CCCCCCCC(=O)OCC(COC(=O)CCCCCCCCC)OC(=O)CCCCCCCCC/C=C\CCCCCCCCC. The van der Waals surface area contributed by atoms with Gasteiger partial charge in [-0.2, -0.15) is 0 Å². The Morgan fingerprint density at radius 3 is 0.816 bits per heavy atom. The van der Waals surface area contributed by atoms with Crippen LogP contribution in [0.4, 0.5) is 0 Å². The molecule has 0 aliphatic rings. The van der Waals surface area contributed by atoms with E-state index in [1.807, 2.05) is 0 Å². The second-order valence-electron chi connectivity index (χ2n) is 20.6. The predicted molar refractivity (Wildman–Crippen MR) is 330 cm³/mol. The third-order valence-electron chi connectivity index (χ3n) is 13.2. The number of hydrogen-bond donors (Lipinski definition) is 0. The molecular weight excluding hydrogens is 937 g/mol. The highest BCUT2D eigenvalue weighted by Gasteiger charge is 2.19. The molecule has 0 spiro atoms. The first-order chi connectivity index (χ1) is 37.5. The number of ether oxygens (including phenoxy) is 3. The van der Waals surface area contributed by atoms with Crippen molar-refractivity contribution >= 4 is 17.9 Å². The highest BCUT2D eigenvalue weighted by molar-refractivity contribution is 5.71. The van der Waals surface area contributed by atoms with Crippen LogP contribution < -0.4 is 0 Å². The summed E-state index contributed by atoms with van der Waals surface area (Å²) >= 11 is 0. The summed E-state index contributed by atoms with van der Waals surface area (Å²) < 4.78 is 16.8. The predicted octanol–water partition coefficient (Wildman–Crippen LogP) is 21.6. The van der Waals surface area contributed by atoms with Crippen LogP contribution in [0.3, 0.4) is 0 Å². The maximum absolute atomic E-state index is 12.8. The van der Waals surface area contributed by atoms with Gasteiger partial charge in [-0.1, -0.05) is 271 Å². The van der Waals surface area contributed by atoms with E-state index in [9.17, 15) is 14.4 Å². The van der Waals surface area contributed by atoms with Gasteiger partial charge in [0.05, 0.1) is 0 Å². The van der Waals surface area contributed by atoms with Crippen molar-refractivity contribution in [2.75, 3.05) is 13.2 Å². The molecule has 0 bridgehead atoms. The molecule has 0 fully saturated rings. The fourth-order valence-electron chi connectivity index (χ4n) is 8.49. The molecule has 0 saturated heterocycles. The molecule has 0 heterocycles. The molecule has 6 nitrogen and oxygen atoms in total. The van der Waals surface area contributed by atoms with Gasteiger partial charge < -0.3 is 14.2 Å². The average Bonchev–Trinajstić information content (AvgIpc) is 3.42. The minimum atomic E-state index is -0.788. The summed E-state index contributed by atoms with van der Waals surface area (Å²) in [5.74, 6) is -0.915. The molecule has 0 rings (SSSR count). The molecule has 0 aromatic heterocycles. The number of carbonyl (C=O) groups is 3. The van der Waals surface area contributed by atoms with Gasteiger partial charge in [-0.15, -0.1) is 0 Å². The zero-order valence-corrected chi connectivity index (χ0v) is 49.5. The van der Waals surface area contributed by atoms with Gasteiger partial charge >= 0.3 is 17.9 Å². The fraction of sp³-hybridized carbons (Fsp3) is 0.671. The van der Waals surface area contributed by atoms with Gasteiger partial charge in [0.1, 0.15) is 13.2 Å². The van der Waals surface area contributed by atoms with Crippen molar-refractivity contribution in [3.8, 4) is 0 Å². The second kappa shape index (κ2) is 63.3. The Hall–Kier alpha value is -4.19. The van der Waals surface area contributed by atoms with E-state index in [0.29, 0.717) is 19.3 Å². The third-order valence-corrected chi connectivity index (χ3v) is 13.2. The van der Waals surface area contributed by atoms with Gasteiger partial charge in [-0.05, 0) is 116 Å². The minimum Gasteiger partial charge on any atom is -0.462 e. The maximum Gasteiger partial charge on any atom is 0.306 e. The molecule has 0 aromatic rings. The highest BCUT2D eigenvalue weighted by atomic mass is 16.6. The van der Waals surface area contributed by atoms with Gasteiger partial charge in [0, 0.05) is 19.3 Å². The van der Waals surface area contributed by atoms with Gasteiger partial charge in [0.15, 0.2) is 6.10 Å². The molecule has 0 aliphatic carbocycles. The topological polar surface area (TPSA) is 78.9 Å². The van der Waals surface area contributed by atoms with Crippen LogP contribution in [-0.2, 0) is 28.6 Å². The van der Waals surface area contributed by atoms with E-state index < -0.39 is 6.10 Å². The van der Waals surface area contributed by atoms with Gasteiger partial charge in [0.25, 0.3) is 0 Å². The van der Waals surface area contributed by atoms with Gasteiger partial charge in [-0.3, -0.25) is 14.4 Å². The summed E-state index contributed by atoms with van der Waals surface area (Å²) in [6.45, 7) is 6.47. The smallest absolute Gasteiger partial charge is 0.306 e. The normalized spacial score (nSPS) is 12.9. The molecule has 0 saturated carbocycles. The quantitative estimate of drug-likeness (QED) is 0.0261. The number of unbranched alkanes of at least 4 members (excludes halogenated alkanes) is 25. The summed E-state index contributed by atoms with van der Waals surface area (Å²) in [7, 11) is 0. The molecular formula is C70H116O6. The molecule has 0 radical (unpaired) electrons. The van der Waals surface area contributed by atoms with Crippen molar-refractivity contribution < 1.29 is 28.6 Å². The first-order valence-electron chi connectivity index (χ1n) is 31.5. The van der Waals surface area contributed by atoms with Crippen LogP contribution in [0.25, 0.3) is 0 Å². The molecule has 6 heteroatoms. The molecule has 0 amide bonds. The summed E-state index contributed by atoms with van der Waals surface area (Å²) in [5.41, 5.74) is 0. The molecule has 1 atom stereocenters. The number of allylic oxidation sites excluding steroid dienone is 20. The molecule has 0 N–H and O–H groups in total. The van der Waals surface area contributed by atoms with E-state index in [-0.39, 0.29) is 31.1 Å². The van der Waals surface area contributed by atoms with E-state index >= 15 is 0 Å². The fourth-order valence-corrected chi connectivity index (χ4v) is 8.49. The zero-order chi connectivity index (χ0) is 55.0. The minimum absolute atomic E-state index is 0.0862. The van der Waals surface area contributed by atoms with Crippen LogP contribution in [-0.4, -0.2) is 37.2 Å². The molecule has 0 aromatic carbocycles. The number of hydrogen-bond acceptors (Lipinski definition) is 6. The lowest BCUT2D eigenvalue weighted by Crippen LogP contribution is -2.30. The number of esters is 3. The monoisotopic (exact) mass is 1050 g/mol. The Morgan fingerprint density at radius 1 is 0.276 bits per heavy atom. The largest absolute Gasteiger partial charge is 0.462 e. The summed E-state index contributed by atoms with van der Waals surface area (Å²) in [6, 6.07) is 0. The molecule has 432 valence electrons. The van der Waals surface area contributed by atoms with Crippen molar-refractivity contribution in [1.82, 2.24) is 0 Å². The maximum atomic E-state index is 12.8. The lowest BCUT2D eigenvalue weighted by molar-refractivity contribution is -0.167. The Kier molecular flexibility index (Phi) is 59.9. The highest BCUT2D eigenvalue weighted by Crippen LogP contribution is 2.15. The van der Waals surface area contributed by atoms with Crippen LogP contribution >= 0.6 is 0 Å². The van der Waals surface area contributed by atoms with Crippen molar-refractivity contribution in [2.45, 2.75) is 290 Å². The Labute approximate surface area is 469 Å². The Morgan fingerprint density at radius 2 is 0.513 bits per heavy atom. The average molecular weight is 1050 g/mol. The standard InChI is InChI=1S/C70H116O6/c1-4-7-10-13-16-18-20-22-24-26-28-29-30-31-32-33-34-35-36-37-38-39-40-41-42-44-45-47-49-51-54-57-60-63-69(72)75-66-67(65-74-68(71)62-59-56-53-15-12-9-6-3)76-70(73)64-61-58-55-52-50-48-46-43-27-25-23-21-19-17-14-11-8-5-2/h7,10,16,18,22,24-25,27-29,31-32,34-35,37-38,40-41,44-45,67H,4-6,8-9,11-15,17,19-21,23,26,30,33,36,39,42-43,46-66H2,1-3H3/b10-7-,18-16-,24-22-,27-25-,29-28-,32-31-,35-34-,38-37-,41-40-,45-44-. The van der Waals surface area contributed by atoms with E-state index in [0.717, 1.165) is 135 Å². The van der Waals surface area contributed by atoms with Gasteiger partial charge in [-0.25, -0.2) is 0 Å². The van der Waals surface area contributed by atoms with Crippen molar-refractivity contribution in [2.24, 2.45) is 0 Å². The Bertz CT molecular complexity index is 1590. The third kappa shape index (κ3) is 60.7. The van der Waals surface area contributed by atoms with Crippen LogP contribution in [0.5, 0.6) is 0 Å². The van der Waals surface area contributed by atoms with E-state index in [1.165, 1.54) is 109 Å². The van der Waals surface area contributed by atoms with Crippen LogP contribution in [0, 0.1) is 0 Å². The molecule has 76 heavy (non-hydrogen) atoms. The van der Waals surface area contributed by atoms with Crippen LogP contribution in [0.15, 0.2) is 122 Å². The van der Waals surface area contributed by atoms with Crippen molar-refractivity contribution in [3.05, 3.63) is 122 Å². The lowest BCUT2D eigenvalue weighted by atomic mass is 10.1. The van der Waals surface area contributed by atoms with Crippen molar-refractivity contribution in [1.29, 1.82) is 0 Å². The summed E-state index contributed by atoms with van der Waals surface area (Å²) in [5, 5.41) is 0. The summed E-state index contributed by atoms with van der Waals surface area (Å²) in [4.78, 5) is 38.0. The van der Waals surface area contributed by atoms with Crippen molar-refractivity contribution in [3.63, 3.8) is 0 Å². The van der Waals surface area contributed by atoms with Crippen LogP contribution in [0.1, 0.15) is 284 Å². The number of rotatable bonds is 56. The first-order valence-corrected chi connectivity index (χ1v) is 31.5. The first kappa shape index (κ1) is 71.8. The second-order valence-corrected chi connectivity index (χ2v) is 20.6. The summed E-state index contributed by atoms with van der Waals surface area (Å²) in [6.07, 6.45) is 88.0. The van der Waals surface area contributed by atoms with E-state index in [2.05, 4.69) is 142 Å². The Balaban J connectivity index is 4.20. The zero-order valence-electron chi connectivity index (χ0n) is 49.5. The van der Waals surface area contributed by atoms with E-state index in [1.54, 1.807) is 0 Å². The van der Waals surface area contributed by atoms with Crippen LogP contribution in [0.2, 0.25) is 0 Å². The van der Waals surface area contributed by atoms with E-state index in [4.69, 9.17) is 14.2 Å². The number of carbonyl (C=O) groups excluding carboxylic acids is 3. The molecule has 1 unspecified atom stereocenters. The molecule has 0 aliphatic heterocycles. The lowest BCUT2D eigenvalue weighted by Gasteiger charge is -2.18.